The normalized spacial score (nSPS) is 17.7. The van der Waals surface area contributed by atoms with E-state index in [0.29, 0.717) is 30.3 Å². The Morgan fingerprint density at radius 3 is 2.36 bits per heavy atom. The lowest BCUT2D eigenvalue weighted by molar-refractivity contribution is -0.152. The van der Waals surface area contributed by atoms with Gasteiger partial charge in [-0.3, -0.25) is 0 Å². The van der Waals surface area contributed by atoms with E-state index in [-0.39, 0.29) is 11.0 Å². The number of aromatic nitrogens is 1. The van der Waals surface area contributed by atoms with Gasteiger partial charge in [-0.15, -0.1) is 0 Å². The molecule has 1 fully saturated rings. The topological polar surface area (TPSA) is 51.1 Å². The van der Waals surface area contributed by atoms with Crippen molar-refractivity contribution >= 4 is 20.9 Å². The molecule has 1 atom stereocenters. The first kappa shape index (κ1) is 21.2. The molecule has 4 nitrogen and oxygen atoms in total. The highest BCUT2D eigenvalue weighted by molar-refractivity contribution is 7.90. The third-order valence-corrected chi connectivity index (χ3v) is 7.04. The van der Waals surface area contributed by atoms with E-state index in [1.165, 1.54) is 6.20 Å². The summed E-state index contributed by atoms with van der Waals surface area (Å²) >= 11 is 0. The molecule has 3 rings (SSSR count). The molecule has 1 aliphatic carbocycles. The molecule has 8 heteroatoms. The lowest BCUT2D eigenvalue weighted by atomic mass is 9.97. The number of halogens is 3. The molecule has 0 spiro atoms. The fourth-order valence-corrected chi connectivity index (χ4v) is 5.29. The van der Waals surface area contributed by atoms with E-state index < -0.39 is 27.5 Å². The van der Waals surface area contributed by atoms with Gasteiger partial charge in [0.2, 0.25) is 10.0 Å². The van der Waals surface area contributed by atoms with Crippen molar-refractivity contribution in [1.82, 2.24) is 9.29 Å². The van der Waals surface area contributed by atoms with E-state index >= 15 is 0 Å². The van der Waals surface area contributed by atoms with Crippen molar-refractivity contribution in [3.8, 4) is 0 Å². The summed E-state index contributed by atoms with van der Waals surface area (Å²) < 4.78 is 70.5. The summed E-state index contributed by atoms with van der Waals surface area (Å²) in [5.41, 5.74) is 1.43. The van der Waals surface area contributed by atoms with Crippen LogP contribution in [0.3, 0.4) is 0 Å². The van der Waals surface area contributed by atoms with Crippen LogP contribution in [0.4, 0.5) is 13.2 Å². The summed E-state index contributed by atoms with van der Waals surface area (Å²) in [5, 5.41) is -0.309. The Morgan fingerprint density at radius 2 is 1.86 bits per heavy atom. The van der Waals surface area contributed by atoms with Gasteiger partial charge in [-0.2, -0.15) is 17.9 Å². The van der Waals surface area contributed by atoms with Crippen LogP contribution in [0.1, 0.15) is 57.2 Å². The van der Waals surface area contributed by atoms with E-state index in [1.807, 2.05) is 38.5 Å². The van der Waals surface area contributed by atoms with Gasteiger partial charge in [0.25, 0.3) is 0 Å². The molecule has 0 radical (unpaired) electrons. The lowest BCUT2D eigenvalue weighted by Crippen LogP contribution is -2.44. The van der Waals surface area contributed by atoms with Gasteiger partial charge in [0.15, 0.2) is 0 Å². The van der Waals surface area contributed by atoms with Gasteiger partial charge in [-0.1, -0.05) is 39.3 Å². The standard InChI is InChI=1S/C20H27F3N2O2S/c1-13-8-9-15-16(11-25(17(15)10-13)12-19(2,3)4)18(20(21,22)23)24-28(26,27)14-6-5-7-14/h8-11,14,18,24H,5-7,12H2,1-4H3. The van der Waals surface area contributed by atoms with Crippen LogP contribution < -0.4 is 4.72 Å². The Morgan fingerprint density at radius 1 is 1.21 bits per heavy atom. The van der Waals surface area contributed by atoms with Crippen LogP contribution in [0.15, 0.2) is 24.4 Å². The maximum absolute atomic E-state index is 13.9. The van der Waals surface area contributed by atoms with Gasteiger partial charge >= 0.3 is 6.18 Å². The van der Waals surface area contributed by atoms with Crippen molar-refractivity contribution in [3.05, 3.63) is 35.5 Å². The third-order valence-electron chi connectivity index (χ3n) is 5.12. The van der Waals surface area contributed by atoms with Crippen molar-refractivity contribution < 1.29 is 21.6 Å². The van der Waals surface area contributed by atoms with E-state index in [0.717, 1.165) is 12.0 Å². The fraction of sp³-hybridized carbons (Fsp3) is 0.600. The van der Waals surface area contributed by atoms with E-state index in [9.17, 15) is 21.6 Å². The first-order valence-electron chi connectivity index (χ1n) is 9.45. The Balaban J connectivity index is 2.12. The van der Waals surface area contributed by atoms with Crippen molar-refractivity contribution in [1.29, 1.82) is 0 Å². The van der Waals surface area contributed by atoms with E-state index in [4.69, 9.17) is 0 Å². The molecule has 2 aromatic rings. The monoisotopic (exact) mass is 416 g/mol. The highest BCUT2D eigenvalue weighted by atomic mass is 32.2. The maximum Gasteiger partial charge on any atom is 0.408 e. The number of hydrogen-bond donors (Lipinski definition) is 1. The lowest BCUT2D eigenvalue weighted by Gasteiger charge is -2.29. The minimum absolute atomic E-state index is 0.0466. The molecule has 1 aliphatic rings. The van der Waals surface area contributed by atoms with Gasteiger partial charge in [-0.05, 0) is 36.8 Å². The molecule has 1 aromatic heterocycles. The fourth-order valence-electron chi connectivity index (χ4n) is 3.55. The highest BCUT2D eigenvalue weighted by Gasteiger charge is 2.46. The second kappa shape index (κ2) is 7.06. The summed E-state index contributed by atoms with van der Waals surface area (Å²) in [4.78, 5) is 0. The summed E-state index contributed by atoms with van der Waals surface area (Å²) in [7, 11) is -4.04. The number of fused-ring (bicyclic) bond motifs is 1. The number of nitrogens with zero attached hydrogens (tertiary/aromatic N) is 1. The molecule has 0 amide bonds. The van der Waals surface area contributed by atoms with Crippen LogP contribution in [0.5, 0.6) is 0 Å². The van der Waals surface area contributed by atoms with Gasteiger partial charge in [0.05, 0.1) is 5.25 Å². The molecular weight excluding hydrogens is 389 g/mol. The van der Waals surface area contributed by atoms with Crippen LogP contribution in [0.2, 0.25) is 0 Å². The SMILES string of the molecule is Cc1ccc2c(C(NS(=O)(=O)C3CCC3)C(F)(F)F)cn(CC(C)(C)C)c2c1. The Bertz CT molecular complexity index is 968. The molecular formula is C20H27F3N2O2S. The summed E-state index contributed by atoms with van der Waals surface area (Å²) in [5.74, 6) is 0. The van der Waals surface area contributed by atoms with Crippen molar-refractivity contribution in [2.24, 2.45) is 5.41 Å². The molecule has 1 unspecified atom stereocenters. The first-order chi connectivity index (χ1) is 12.8. The molecule has 0 aliphatic heterocycles. The van der Waals surface area contributed by atoms with Crippen LogP contribution in [0, 0.1) is 12.3 Å². The number of sulfonamides is 1. The molecule has 1 N–H and O–H groups in total. The second-order valence-corrected chi connectivity index (χ2v) is 11.0. The quantitative estimate of drug-likeness (QED) is 0.740. The molecule has 28 heavy (non-hydrogen) atoms. The smallest absolute Gasteiger partial charge is 0.347 e. The van der Waals surface area contributed by atoms with E-state index in [2.05, 4.69) is 0 Å². The Labute approximate surface area is 164 Å². The first-order valence-corrected chi connectivity index (χ1v) is 11.0. The van der Waals surface area contributed by atoms with Crippen molar-refractivity contribution in [3.63, 3.8) is 0 Å². The largest absolute Gasteiger partial charge is 0.408 e. The summed E-state index contributed by atoms with van der Waals surface area (Å²) in [6.07, 6.45) is -1.73. The average Bonchev–Trinajstić information content (AvgIpc) is 2.77. The molecule has 156 valence electrons. The van der Waals surface area contributed by atoms with Crippen LogP contribution in [-0.4, -0.2) is 24.4 Å². The molecule has 0 bridgehead atoms. The minimum atomic E-state index is -4.73. The van der Waals surface area contributed by atoms with Crippen LogP contribution in [0.25, 0.3) is 10.9 Å². The van der Waals surface area contributed by atoms with Gasteiger partial charge in [0, 0.05) is 29.2 Å². The van der Waals surface area contributed by atoms with Crippen molar-refractivity contribution in [2.45, 2.75) is 71.0 Å². The number of hydrogen-bond acceptors (Lipinski definition) is 2. The summed E-state index contributed by atoms with van der Waals surface area (Å²) in [6.45, 7) is 8.43. The zero-order valence-electron chi connectivity index (χ0n) is 16.6. The van der Waals surface area contributed by atoms with E-state index in [1.54, 1.807) is 16.7 Å². The Kier molecular flexibility index (Phi) is 5.34. The predicted octanol–water partition coefficient (Wildman–Crippen LogP) is 5.07. The zero-order valence-corrected chi connectivity index (χ0v) is 17.4. The average molecular weight is 417 g/mol. The molecule has 1 saturated carbocycles. The van der Waals surface area contributed by atoms with Crippen LogP contribution >= 0.6 is 0 Å². The number of nitrogens with one attached hydrogen (secondary N) is 1. The molecule has 1 aromatic carbocycles. The van der Waals surface area contributed by atoms with Gasteiger partial charge < -0.3 is 4.57 Å². The second-order valence-electron chi connectivity index (χ2n) is 8.98. The van der Waals surface area contributed by atoms with Crippen LogP contribution in [-0.2, 0) is 16.6 Å². The Hall–Kier alpha value is -1.54. The van der Waals surface area contributed by atoms with Gasteiger partial charge in [-0.25, -0.2) is 8.42 Å². The third kappa shape index (κ3) is 4.38. The maximum atomic E-state index is 13.9. The summed E-state index contributed by atoms with van der Waals surface area (Å²) in [6, 6.07) is 2.99. The highest BCUT2D eigenvalue weighted by Crippen LogP contribution is 2.40. The minimum Gasteiger partial charge on any atom is -0.347 e. The van der Waals surface area contributed by atoms with Gasteiger partial charge in [0.1, 0.15) is 6.04 Å². The number of benzene rings is 1. The number of rotatable bonds is 5. The molecule has 0 saturated heterocycles. The number of alkyl halides is 3. The number of aryl methyl sites for hydroxylation is 1. The molecule has 1 heterocycles. The predicted molar refractivity (Wildman–Crippen MR) is 105 cm³/mol. The zero-order chi connectivity index (χ0) is 20.9. The van der Waals surface area contributed by atoms with Crippen molar-refractivity contribution in [2.75, 3.05) is 0 Å².